The van der Waals surface area contributed by atoms with Crippen LogP contribution in [0.5, 0.6) is 0 Å². The van der Waals surface area contributed by atoms with E-state index in [-0.39, 0.29) is 0 Å². The first kappa shape index (κ1) is 18.9. The van der Waals surface area contributed by atoms with Gasteiger partial charge in [0.2, 0.25) is 0 Å². The minimum Gasteiger partial charge on any atom is -0.293 e. The summed E-state index contributed by atoms with van der Waals surface area (Å²) in [5.74, 6) is -3.24. The smallest absolute Gasteiger partial charge is 0.186 e. The van der Waals surface area contributed by atoms with Crippen LogP contribution in [0.25, 0.3) is 0 Å². The van der Waals surface area contributed by atoms with Gasteiger partial charge in [-0.25, -0.2) is 0 Å². The fourth-order valence-electron chi connectivity index (χ4n) is 2.98. The lowest BCUT2D eigenvalue weighted by Crippen LogP contribution is -2.37. The van der Waals surface area contributed by atoms with Gasteiger partial charge in [-0.1, -0.05) is 30.3 Å². The molecule has 2 rings (SSSR count). The SMILES string of the molecule is Cc1cc(C(=O)C(c2ccccc2)C(C#N)(C#N)C(C#N)C#N)c(C)s1. The van der Waals surface area contributed by atoms with Gasteiger partial charge < -0.3 is 0 Å². The van der Waals surface area contributed by atoms with E-state index in [4.69, 9.17) is 0 Å². The molecule has 0 bridgehead atoms. The lowest BCUT2D eigenvalue weighted by atomic mass is 9.64. The van der Waals surface area contributed by atoms with E-state index in [2.05, 4.69) is 0 Å². The van der Waals surface area contributed by atoms with Crippen molar-refractivity contribution in [1.29, 1.82) is 21.0 Å². The number of benzene rings is 1. The minimum absolute atomic E-state index is 0.408. The van der Waals surface area contributed by atoms with E-state index in [1.54, 1.807) is 55.5 Å². The molecule has 0 aliphatic heterocycles. The molecule has 0 saturated heterocycles. The second kappa shape index (κ2) is 7.62. The average molecular weight is 358 g/mol. The number of carbonyl (C=O) groups excluding carboxylic acids is 1. The van der Waals surface area contributed by atoms with Crippen LogP contribution in [0, 0.1) is 70.5 Å². The zero-order valence-corrected chi connectivity index (χ0v) is 15.0. The van der Waals surface area contributed by atoms with E-state index in [9.17, 15) is 25.8 Å². The van der Waals surface area contributed by atoms with Crippen LogP contribution in [0.4, 0.5) is 0 Å². The molecule has 0 spiro atoms. The Bertz CT molecular complexity index is 968. The number of Topliss-reactive ketones (excluding diaryl/α,β-unsaturated/α-hetero) is 1. The van der Waals surface area contributed by atoms with Gasteiger partial charge in [-0.3, -0.25) is 4.79 Å². The molecule has 0 radical (unpaired) electrons. The van der Waals surface area contributed by atoms with Crippen LogP contribution in [0.2, 0.25) is 0 Å². The van der Waals surface area contributed by atoms with Crippen LogP contribution >= 0.6 is 11.3 Å². The van der Waals surface area contributed by atoms with Crippen LogP contribution in [0.3, 0.4) is 0 Å². The summed E-state index contributed by atoms with van der Waals surface area (Å²) in [6.07, 6.45) is 0. The minimum atomic E-state index is -2.11. The number of carbonyl (C=O) groups is 1. The summed E-state index contributed by atoms with van der Waals surface area (Å²) in [4.78, 5) is 15.1. The standard InChI is InChI=1S/C20H14N4OS/c1-13-8-17(14(2)26-13)19(25)18(15-6-4-3-5-7-15)20(11-23,12-24)16(9-21)10-22/h3-8,16,18H,1-2H3. The Morgan fingerprint density at radius 2 is 1.62 bits per heavy atom. The Balaban J connectivity index is 2.78. The monoisotopic (exact) mass is 358 g/mol. The first-order valence-electron chi connectivity index (χ1n) is 7.73. The van der Waals surface area contributed by atoms with Crippen LogP contribution in [-0.4, -0.2) is 5.78 Å². The van der Waals surface area contributed by atoms with Crippen LogP contribution in [0.1, 0.15) is 31.6 Å². The zero-order chi connectivity index (χ0) is 19.3. The van der Waals surface area contributed by atoms with Crippen molar-refractivity contribution in [3.63, 3.8) is 0 Å². The number of hydrogen-bond acceptors (Lipinski definition) is 6. The normalized spacial score (nSPS) is 11.7. The molecule has 1 heterocycles. The third-order valence-corrected chi connectivity index (χ3v) is 5.21. The van der Waals surface area contributed by atoms with Gasteiger partial charge in [0.05, 0.1) is 30.2 Å². The fraction of sp³-hybridized carbons (Fsp3) is 0.250. The van der Waals surface area contributed by atoms with Crippen molar-refractivity contribution >= 4 is 17.1 Å². The highest BCUT2D eigenvalue weighted by molar-refractivity contribution is 7.12. The van der Waals surface area contributed by atoms with Crippen molar-refractivity contribution in [1.82, 2.24) is 0 Å². The summed E-state index contributed by atoms with van der Waals surface area (Å²) in [7, 11) is 0. The highest BCUT2D eigenvalue weighted by atomic mass is 32.1. The van der Waals surface area contributed by atoms with Gasteiger partial charge in [0, 0.05) is 15.3 Å². The number of rotatable bonds is 5. The number of nitriles is 4. The lowest BCUT2D eigenvalue weighted by Gasteiger charge is -2.29. The first-order valence-corrected chi connectivity index (χ1v) is 8.54. The third kappa shape index (κ3) is 3.07. The number of aryl methyl sites for hydroxylation is 2. The first-order chi connectivity index (χ1) is 12.4. The second-order valence-electron chi connectivity index (χ2n) is 5.82. The number of hydrogen-bond donors (Lipinski definition) is 0. The maximum atomic E-state index is 13.4. The van der Waals surface area contributed by atoms with Crippen molar-refractivity contribution in [3.8, 4) is 24.3 Å². The van der Waals surface area contributed by atoms with Gasteiger partial charge in [0.15, 0.2) is 17.1 Å². The molecular formula is C20H14N4OS. The van der Waals surface area contributed by atoms with E-state index in [0.29, 0.717) is 11.1 Å². The van der Waals surface area contributed by atoms with Crippen LogP contribution < -0.4 is 0 Å². The Hall–Kier alpha value is -3.45. The zero-order valence-electron chi connectivity index (χ0n) is 14.2. The molecule has 1 aromatic carbocycles. The fourth-order valence-corrected chi connectivity index (χ4v) is 3.91. The molecule has 1 aromatic heterocycles. The summed E-state index contributed by atoms with van der Waals surface area (Å²) in [6.45, 7) is 3.65. The van der Waals surface area contributed by atoms with E-state index in [0.717, 1.165) is 9.75 Å². The Morgan fingerprint density at radius 3 is 2.04 bits per heavy atom. The van der Waals surface area contributed by atoms with Gasteiger partial charge in [-0.2, -0.15) is 21.0 Å². The quantitative estimate of drug-likeness (QED) is 0.749. The van der Waals surface area contributed by atoms with Crippen molar-refractivity contribution in [2.24, 2.45) is 11.3 Å². The number of nitrogens with zero attached hydrogens (tertiary/aromatic N) is 4. The second-order valence-corrected chi connectivity index (χ2v) is 7.28. The van der Waals surface area contributed by atoms with Gasteiger partial charge in [-0.05, 0) is 25.5 Å². The molecule has 0 amide bonds. The molecule has 0 saturated carbocycles. The van der Waals surface area contributed by atoms with Gasteiger partial charge in [0.25, 0.3) is 0 Å². The maximum absolute atomic E-state index is 13.4. The molecule has 126 valence electrons. The Morgan fingerprint density at radius 1 is 1.04 bits per heavy atom. The van der Waals surface area contributed by atoms with Crippen molar-refractivity contribution in [3.05, 3.63) is 57.3 Å². The summed E-state index contributed by atoms with van der Waals surface area (Å²) in [5, 5.41) is 38.3. The van der Waals surface area contributed by atoms with Crippen molar-refractivity contribution < 1.29 is 4.79 Å². The molecular weight excluding hydrogens is 344 g/mol. The van der Waals surface area contributed by atoms with Gasteiger partial charge in [0.1, 0.15) is 0 Å². The average Bonchev–Trinajstić information content (AvgIpc) is 3.00. The highest BCUT2D eigenvalue weighted by Crippen LogP contribution is 2.44. The maximum Gasteiger partial charge on any atom is 0.186 e. The molecule has 0 aliphatic carbocycles. The van der Waals surface area contributed by atoms with Crippen LogP contribution in [0.15, 0.2) is 36.4 Å². The lowest BCUT2D eigenvalue weighted by molar-refractivity contribution is 0.0913. The molecule has 26 heavy (non-hydrogen) atoms. The predicted molar refractivity (Wildman–Crippen MR) is 95.7 cm³/mol. The van der Waals surface area contributed by atoms with Gasteiger partial charge in [-0.15, -0.1) is 11.3 Å². The molecule has 6 heteroatoms. The molecule has 5 nitrogen and oxygen atoms in total. The van der Waals surface area contributed by atoms with Crippen molar-refractivity contribution in [2.45, 2.75) is 19.8 Å². The number of thiophene rings is 1. The topological polar surface area (TPSA) is 112 Å². The number of ketones is 1. The van der Waals surface area contributed by atoms with Crippen LogP contribution in [-0.2, 0) is 0 Å². The molecule has 0 fully saturated rings. The Kier molecular flexibility index (Phi) is 5.54. The van der Waals surface area contributed by atoms with E-state index >= 15 is 0 Å². The Labute approximate surface area is 156 Å². The summed E-state index contributed by atoms with van der Waals surface area (Å²) < 4.78 is 0. The summed E-state index contributed by atoms with van der Waals surface area (Å²) >= 11 is 1.44. The third-order valence-electron chi connectivity index (χ3n) is 4.24. The molecule has 1 unspecified atom stereocenters. The predicted octanol–water partition coefficient (Wildman–Crippen LogP) is 4.03. The van der Waals surface area contributed by atoms with Crippen molar-refractivity contribution in [2.75, 3.05) is 0 Å². The van der Waals surface area contributed by atoms with E-state index < -0.39 is 23.0 Å². The largest absolute Gasteiger partial charge is 0.293 e. The molecule has 0 N–H and O–H groups in total. The highest BCUT2D eigenvalue weighted by Gasteiger charge is 2.52. The molecule has 1 atom stereocenters. The van der Waals surface area contributed by atoms with E-state index in [1.165, 1.54) is 11.3 Å². The summed E-state index contributed by atoms with van der Waals surface area (Å²) in [5.41, 5.74) is -1.27. The molecule has 0 aliphatic rings. The van der Waals surface area contributed by atoms with Gasteiger partial charge >= 0.3 is 0 Å². The summed E-state index contributed by atoms with van der Waals surface area (Å²) in [6, 6.07) is 17.2. The van der Waals surface area contributed by atoms with E-state index in [1.807, 2.05) is 19.1 Å². The molecule has 2 aromatic rings.